The summed E-state index contributed by atoms with van der Waals surface area (Å²) >= 11 is 1.47. The van der Waals surface area contributed by atoms with Crippen LogP contribution in [-0.4, -0.2) is 6.61 Å². The number of ether oxygens (including phenoxy) is 1. The maximum absolute atomic E-state index is 9.14. The summed E-state index contributed by atoms with van der Waals surface area (Å²) in [6, 6.07) is 17.1. The smallest absolute Gasteiger partial charge is 0.119 e. The van der Waals surface area contributed by atoms with Gasteiger partial charge in [0.2, 0.25) is 0 Å². The maximum atomic E-state index is 9.14. The standard InChI is InChI=1S/C17H14N2OS/c1-2-9-20-15-5-7-16(8-6-15)21-17-10-13(11-18)3-4-14(17)12-19/h3-8,10H,2,9H2,1H3. The van der Waals surface area contributed by atoms with E-state index in [1.807, 2.05) is 24.3 Å². The van der Waals surface area contributed by atoms with E-state index >= 15 is 0 Å². The Hall–Kier alpha value is -2.43. The molecule has 2 aromatic rings. The molecule has 0 spiro atoms. The second kappa shape index (κ2) is 7.38. The van der Waals surface area contributed by atoms with Crippen LogP contribution in [-0.2, 0) is 0 Å². The number of nitriles is 2. The Labute approximate surface area is 128 Å². The van der Waals surface area contributed by atoms with Crippen molar-refractivity contribution in [3.05, 3.63) is 53.6 Å². The fraction of sp³-hybridized carbons (Fsp3) is 0.176. The number of hydrogen-bond donors (Lipinski definition) is 0. The quantitative estimate of drug-likeness (QED) is 0.821. The van der Waals surface area contributed by atoms with Crippen LogP contribution in [0.5, 0.6) is 5.75 Å². The topological polar surface area (TPSA) is 56.8 Å². The van der Waals surface area contributed by atoms with Gasteiger partial charge in [0.25, 0.3) is 0 Å². The lowest BCUT2D eigenvalue weighted by Crippen LogP contribution is -1.94. The van der Waals surface area contributed by atoms with Gasteiger partial charge in [0, 0.05) is 9.79 Å². The molecule has 0 saturated heterocycles. The van der Waals surface area contributed by atoms with Crippen molar-refractivity contribution in [2.24, 2.45) is 0 Å². The monoisotopic (exact) mass is 294 g/mol. The highest BCUT2D eigenvalue weighted by molar-refractivity contribution is 7.99. The molecule has 0 aromatic heterocycles. The number of nitrogens with zero attached hydrogens (tertiary/aromatic N) is 2. The molecule has 0 fully saturated rings. The summed E-state index contributed by atoms with van der Waals surface area (Å²) in [5.41, 5.74) is 1.13. The van der Waals surface area contributed by atoms with Crippen LogP contribution in [0.25, 0.3) is 0 Å². The van der Waals surface area contributed by atoms with Gasteiger partial charge >= 0.3 is 0 Å². The molecule has 0 atom stereocenters. The molecule has 0 N–H and O–H groups in total. The van der Waals surface area contributed by atoms with Gasteiger partial charge in [-0.2, -0.15) is 10.5 Å². The third-order valence-electron chi connectivity index (χ3n) is 2.76. The molecule has 4 heteroatoms. The zero-order valence-corrected chi connectivity index (χ0v) is 12.5. The zero-order valence-electron chi connectivity index (χ0n) is 11.7. The highest BCUT2D eigenvalue weighted by Crippen LogP contribution is 2.32. The normalized spacial score (nSPS) is 9.67. The van der Waals surface area contributed by atoms with Crippen molar-refractivity contribution in [1.29, 1.82) is 10.5 Å². The molecule has 104 valence electrons. The minimum absolute atomic E-state index is 0.555. The molecule has 0 amide bonds. The van der Waals surface area contributed by atoms with E-state index in [1.54, 1.807) is 18.2 Å². The van der Waals surface area contributed by atoms with Crippen LogP contribution in [0.4, 0.5) is 0 Å². The summed E-state index contributed by atoms with van der Waals surface area (Å²) in [4.78, 5) is 1.80. The predicted molar refractivity (Wildman–Crippen MR) is 82.2 cm³/mol. The van der Waals surface area contributed by atoms with Gasteiger partial charge in [-0.05, 0) is 48.9 Å². The molecule has 2 aromatic carbocycles. The highest BCUT2D eigenvalue weighted by atomic mass is 32.2. The van der Waals surface area contributed by atoms with Gasteiger partial charge in [0.05, 0.1) is 23.8 Å². The lowest BCUT2D eigenvalue weighted by atomic mass is 10.2. The van der Waals surface area contributed by atoms with Crippen LogP contribution in [0.1, 0.15) is 24.5 Å². The Balaban J connectivity index is 2.18. The molecule has 3 nitrogen and oxygen atoms in total. The molecule has 0 aliphatic rings. The van der Waals surface area contributed by atoms with Crippen LogP contribution in [0, 0.1) is 22.7 Å². The van der Waals surface area contributed by atoms with Crippen molar-refractivity contribution in [2.75, 3.05) is 6.61 Å². The Morgan fingerprint density at radius 3 is 2.43 bits per heavy atom. The Morgan fingerprint density at radius 1 is 1.05 bits per heavy atom. The molecule has 0 unspecified atom stereocenters. The van der Waals surface area contributed by atoms with Gasteiger partial charge in [-0.3, -0.25) is 0 Å². The summed E-state index contributed by atoms with van der Waals surface area (Å²) in [6.07, 6.45) is 0.975. The summed E-state index contributed by atoms with van der Waals surface area (Å²) in [7, 11) is 0. The van der Waals surface area contributed by atoms with Gasteiger partial charge in [-0.15, -0.1) is 0 Å². The molecule has 0 saturated carbocycles. The van der Waals surface area contributed by atoms with Gasteiger partial charge < -0.3 is 4.74 Å². The first-order valence-electron chi connectivity index (χ1n) is 6.61. The third kappa shape index (κ3) is 4.02. The van der Waals surface area contributed by atoms with Crippen molar-refractivity contribution >= 4 is 11.8 Å². The van der Waals surface area contributed by atoms with Crippen molar-refractivity contribution in [3.63, 3.8) is 0 Å². The third-order valence-corrected chi connectivity index (χ3v) is 3.82. The lowest BCUT2D eigenvalue weighted by Gasteiger charge is -2.07. The second-order valence-corrected chi connectivity index (χ2v) is 5.47. The number of hydrogen-bond acceptors (Lipinski definition) is 4. The number of benzene rings is 2. The van der Waals surface area contributed by atoms with Gasteiger partial charge in [-0.25, -0.2) is 0 Å². The highest BCUT2D eigenvalue weighted by Gasteiger charge is 2.06. The van der Waals surface area contributed by atoms with E-state index in [9.17, 15) is 0 Å². The molecule has 0 radical (unpaired) electrons. The molecule has 0 aliphatic heterocycles. The first-order chi connectivity index (χ1) is 10.3. The van der Waals surface area contributed by atoms with Crippen LogP contribution in [0.2, 0.25) is 0 Å². The summed E-state index contributed by atoms with van der Waals surface area (Å²) < 4.78 is 5.54. The zero-order chi connectivity index (χ0) is 15.1. The molecule has 0 bridgehead atoms. The van der Waals surface area contributed by atoms with E-state index < -0.39 is 0 Å². The van der Waals surface area contributed by atoms with Crippen molar-refractivity contribution < 1.29 is 4.74 Å². The lowest BCUT2D eigenvalue weighted by molar-refractivity contribution is 0.317. The molecule has 0 heterocycles. The van der Waals surface area contributed by atoms with Crippen LogP contribution in [0.3, 0.4) is 0 Å². The average Bonchev–Trinajstić information content (AvgIpc) is 2.54. The maximum Gasteiger partial charge on any atom is 0.119 e. The fourth-order valence-corrected chi connectivity index (χ4v) is 2.66. The van der Waals surface area contributed by atoms with Gasteiger partial charge in [-0.1, -0.05) is 18.7 Å². The Morgan fingerprint density at radius 2 is 1.81 bits per heavy atom. The van der Waals surface area contributed by atoms with Crippen LogP contribution in [0.15, 0.2) is 52.3 Å². The molecule has 0 aliphatic carbocycles. The van der Waals surface area contributed by atoms with Crippen LogP contribution < -0.4 is 4.74 Å². The first kappa shape index (κ1) is 15.0. The minimum atomic E-state index is 0.555. The molecular formula is C17H14N2OS. The van der Waals surface area contributed by atoms with E-state index in [0.717, 1.165) is 22.0 Å². The summed E-state index contributed by atoms with van der Waals surface area (Å²) in [6.45, 7) is 2.77. The first-order valence-corrected chi connectivity index (χ1v) is 7.43. The largest absolute Gasteiger partial charge is 0.494 e. The molecule has 21 heavy (non-hydrogen) atoms. The van der Waals surface area contributed by atoms with Crippen molar-refractivity contribution in [3.8, 4) is 17.9 Å². The van der Waals surface area contributed by atoms with Gasteiger partial charge in [0.15, 0.2) is 0 Å². The van der Waals surface area contributed by atoms with E-state index in [2.05, 4.69) is 19.1 Å². The average molecular weight is 294 g/mol. The molecule has 2 rings (SSSR count). The SMILES string of the molecule is CCCOc1ccc(Sc2cc(C#N)ccc2C#N)cc1. The van der Waals surface area contributed by atoms with Crippen LogP contribution >= 0.6 is 11.8 Å². The summed E-state index contributed by atoms with van der Waals surface area (Å²) in [5, 5.41) is 18.1. The minimum Gasteiger partial charge on any atom is -0.494 e. The van der Waals surface area contributed by atoms with Crippen molar-refractivity contribution in [1.82, 2.24) is 0 Å². The van der Waals surface area contributed by atoms with E-state index in [-0.39, 0.29) is 0 Å². The Bertz CT molecular complexity index is 696. The predicted octanol–water partition coefficient (Wildman–Crippen LogP) is 4.37. The van der Waals surface area contributed by atoms with E-state index in [4.69, 9.17) is 15.3 Å². The van der Waals surface area contributed by atoms with Gasteiger partial charge in [0.1, 0.15) is 11.8 Å². The number of rotatable bonds is 5. The Kier molecular flexibility index (Phi) is 5.26. The van der Waals surface area contributed by atoms with Crippen molar-refractivity contribution in [2.45, 2.75) is 23.1 Å². The summed E-state index contributed by atoms with van der Waals surface area (Å²) in [5.74, 6) is 0.840. The second-order valence-electron chi connectivity index (χ2n) is 4.36. The van der Waals surface area contributed by atoms with E-state index in [0.29, 0.717) is 17.7 Å². The van der Waals surface area contributed by atoms with E-state index in [1.165, 1.54) is 11.8 Å². The molecular weight excluding hydrogens is 280 g/mol. The fourth-order valence-electron chi connectivity index (χ4n) is 1.72.